The molecule has 1 fully saturated rings. The smallest absolute Gasteiger partial charge is 0.410 e. The lowest BCUT2D eigenvalue weighted by Gasteiger charge is -2.39. The second-order valence-electron chi connectivity index (χ2n) is 7.44. The summed E-state index contributed by atoms with van der Waals surface area (Å²) in [5.41, 5.74) is 0.610. The van der Waals surface area contributed by atoms with Crippen molar-refractivity contribution in [3.05, 3.63) is 30.1 Å². The number of ether oxygens (including phenoxy) is 1. The van der Waals surface area contributed by atoms with Crippen LogP contribution in [0.4, 0.5) is 4.79 Å². The minimum Gasteiger partial charge on any atom is -0.444 e. The molecule has 1 saturated heterocycles. The van der Waals surface area contributed by atoms with Crippen LogP contribution in [0.1, 0.15) is 26.5 Å². The molecule has 1 unspecified atom stereocenters. The molecule has 0 aromatic carbocycles. The molecule has 0 saturated carbocycles. The Morgan fingerprint density at radius 3 is 2.92 bits per heavy atom. The van der Waals surface area contributed by atoms with Gasteiger partial charge in [0.15, 0.2) is 5.96 Å². The third-order valence-electron chi connectivity index (χ3n) is 4.25. The number of carbonyl (C=O) groups is 1. The Bertz CT molecular complexity index is 626. The van der Waals surface area contributed by atoms with Gasteiger partial charge in [-0.3, -0.25) is 9.98 Å². The monoisotopic (exact) mass is 345 g/mol. The van der Waals surface area contributed by atoms with Crippen molar-refractivity contribution in [2.24, 2.45) is 4.99 Å². The number of hydrogen-bond donors (Lipinski definition) is 1. The largest absolute Gasteiger partial charge is 0.444 e. The summed E-state index contributed by atoms with van der Waals surface area (Å²) >= 11 is 0. The van der Waals surface area contributed by atoms with Crippen LogP contribution in [0.3, 0.4) is 0 Å². The highest BCUT2D eigenvalue weighted by atomic mass is 16.6. The molecule has 3 heterocycles. The van der Waals surface area contributed by atoms with Gasteiger partial charge in [0.25, 0.3) is 0 Å². The van der Waals surface area contributed by atoms with Crippen molar-refractivity contribution in [2.45, 2.75) is 38.8 Å². The lowest BCUT2D eigenvalue weighted by Crippen LogP contribution is -2.57. The van der Waals surface area contributed by atoms with Gasteiger partial charge in [-0.2, -0.15) is 0 Å². The van der Waals surface area contributed by atoms with Gasteiger partial charge >= 0.3 is 6.09 Å². The number of nitrogens with one attached hydrogen (secondary N) is 1. The van der Waals surface area contributed by atoms with Crippen LogP contribution in [0.15, 0.2) is 29.4 Å². The Labute approximate surface area is 149 Å². The summed E-state index contributed by atoms with van der Waals surface area (Å²) in [5.74, 6) is 0.935. The molecule has 0 bridgehead atoms. The first-order valence-corrected chi connectivity index (χ1v) is 8.85. The second kappa shape index (κ2) is 7.29. The van der Waals surface area contributed by atoms with Crippen LogP contribution >= 0.6 is 0 Å². The molecule has 3 rings (SSSR count). The van der Waals surface area contributed by atoms with E-state index >= 15 is 0 Å². The molecule has 2 aliphatic heterocycles. The highest BCUT2D eigenvalue weighted by Gasteiger charge is 2.36. The van der Waals surface area contributed by atoms with Crippen LogP contribution in [0.2, 0.25) is 0 Å². The molecule has 0 radical (unpaired) electrons. The number of hydrogen-bond acceptors (Lipinski definition) is 6. The first-order chi connectivity index (χ1) is 11.9. The predicted octanol–water partition coefficient (Wildman–Crippen LogP) is 1.50. The number of rotatable bonds is 3. The standard InChI is InChI=1S/C18H27N5O2/c1-18(2,3)25-17(24)22-10-11-23-15(13-22)12-21-16(23)20-9-7-14-6-4-5-8-19-14/h4-6,8,15H,7,9-13H2,1-3H3,(H,20,21). The number of aliphatic imine (C=N–C) groups is 1. The summed E-state index contributed by atoms with van der Waals surface area (Å²) in [4.78, 5) is 25.2. The molecule has 1 amide bonds. The summed E-state index contributed by atoms with van der Waals surface area (Å²) in [6.07, 6.45) is 2.44. The fourth-order valence-corrected chi connectivity index (χ4v) is 3.07. The fourth-order valence-electron chi connectivity index (χ4n) is 3.07. The van der Waals surface area contributed by atoms with Crippen LogP contribution in [0.5, 0.6) is 0 Å². The second-order valence-corrected chi connectivity index (χ2v) is 7.44. The molecule has 1 aromatic heterocycles. The quantitative estimate of drug-likeness (QED) is 0.899. The van der Waals surface area contributed by atoms with E-state index in [1.807, 2.05) is 45.2 Å². The number of aromatic nitrogens is 1. The number of pyridine rings is 1. The lowest BCUT2D eigenvalue weighted by molar-refractivity contribution is 0.0137. The zero-order valence-electron chi connectivity index (χ0n) is 15.2. The zero-order chi connectivity index (χ0) is 17.9. The van der Waals surface area contributed by atoms with E-state index in [9.17, 15) is 4.79 Å². The third kappa shape index (κ3) is 4.61. The minimum atomic E-state index is -0.460. The van der Waals surface area contributed by atoms with E-state index in [0.717, 1.165) is 31.2 Å². The molecule has 0 aliphatic carbocycles. The number of guanidine groups is 1. The molecule has 1 N–H and O–H groups in total. The average molecular weight is 345 g/mol. The molecule has 7 nitrogen and oxygen atoms in total. The molecule has 136 valence electrons. The van der Waals surface area contributed by atoms with Crippen LogP contribution in [0.25, 0.3) is 0 Å². The average Bonchev–Trinajstić information content (AvgIpc) is 2.97. The van der Waals surface area contributed by atoms with Gasteiger partial charge in [0.05, 0.1) is 12.6 Å². The van der Waals surface area contributed by atoms with Crippen molar-refractivity contribution in [3.8, 4) is 0 Å². The Balaban J connectivity index is 1.46. The summed E-state index contributed by atoms with van der Waals surface area (Å²) in [7, 11) is 0. The van der Waals surface area contributed by atoms with Gasteiger partial charge in [-0.15, -0.1) is 0 Å². The molecule has 1 atom stereocenters. The first kappa shape index (κ1) is 17.5. The van der Waals surface area contributed by atoms with Gasteiger partial charge < -0.3 is 19.9 Å². The number of piperazine rings is 1. The number of fused-ring (bicyclic) bond motifs is 1. The van der Waals surface area contributed by atoms with Crippen LogP contribution in [-0.2, 0) is 11.2 Å². The number of amides is 1. The Morgan fingerprint density at radius 2 is 2.20 bits per heavy atom. The molecule has 2 aliphatic rings. The van der Waals surface area contributed by atoms with Crippen LogP contribution < -0.4 is 5.32 Å². The van der Waals surface area contributed by atoms with Crippen molar-refractivity contribution in [1.82, 2.24) is 20.1 Å². The van der Waals surface area contributed by atoms with Gasteiger partial charge in [0.2, 0.25) is 0 Å². The maximum atomic E-state index is 12.2. The topological polar surface area (TPSA) is 70.1 Å². The highest BCUT2D eigenvalue weighted by Crippen LogP contribution is 2.18. The summed E-state index contributed by atoms with van der Waals surface area (Å²) in [6, 6.07) is 6.19. The van der Waals surface area contributed by atoms with E-state index in [4.69, 9.17) is 4.74 Å². The van der Waals surface area contributed by atoms with Crippen LogP contribution in [0, 0.1) is 0 Å². The minimum absolute atomic E-state index is 0.233. The van der Waals surface area contributed by atoms with E-state index in [1.54, 1.807) is 4.90 Å². The van der Waals surface area contributed by atoms with Gasteiger partial charge in [0.1, 0.15) is 5.60 Å². The maximum Gasteiger partial charge on any atom is 0.410 e. The molecule has 1 aromatic rings. The SMILES string of the molecule is CC(C)(C)OC(=O)N1CCN2C(NCCc3ccccn3)=NCC2C1. The van der Waals surface area contributed by atoms with Gasteiger partial charge in [-0.25, -0.2) is 4.79 Å². The fraction of sp³-hybridized carbons (Fsp3) is 0.611. The zero-order valence-corrected chi connectivity index (χ0v) is 15.2. The Kier molecular flexibility index (Phi) is 5.11. The summed E-state index contributed by atoms with van der Waals surface area (Å²) in [5, 5.41) is 3.41. The molecular formula is C18H27N5O2. The van der Waals surface area contributed by atoms with Gasteiger partial charge in [-0.05, 0) is 32.9 Å². The third-order valence-corrected chi connectivity index (χ3v) is 4.25. The van der Waals surface area contributed by atoms with Crippen molar-refractivity contribution < 1.29 is 9.53 Å². The maximum absolute atomic E-state index is 12.2. The molecule has 0 spiro atoms. The number of carbonyl (C=O) groups excluding carboxylic acids is 1. The van der Waals surface area contributed by atoms with Crippen molar-refractivity contribution >= 4 is 12.1 Å². The van der Waals surface area contributed by atoms with Crippen molar-refractivity contribution in [1.29, 1.82) is 0 Å². The van der Waals surface area contributed by atoms with Gasteiger partial charge in [0, 0.05) is 44.5 Å². The van der Waals surface area contributed by atoms with Crippen LogP contribution in [-0.4, -0.2) is 71.2 Å². The first-order valence-electron chi connectivity index (χ1n) is 8.85. The number of nitrogens with zero attached hydrogens (tertiary/aromatic N) is 4. The van der Waals surface area contributed by atoms with E-state index in [-0.39, 0.29) is 12.1 Å². The molecule has 7 heteroatoms. The van der Waals surface area contributed by atoms with Crippen molar-refractivity contribution in [2.75, 3.05) is 32.7 Å². The highest BCUT2D eigenvalue weighted by molar-refractivity contribution is 5.82. The lowest BCUT2D eigenvalue weighted by atomic mass is 10.2. The van der Waals surface area contributed by atoms with E-state index in [0.29, 0.717) is 19.6 Å². The van der Waals surface area contributed by atoms with E-state index in [2.05, 4.69) is 20.2 Å². The Hall–Kier alpha value is -2.31. The summed E-state index contributed by atoms with van der Waals surface area (Å²) < 4.78 is 5.47. The van der Waals surface area contributed by atoms with E-state index < -0.39 is 5.60 Å². The van der Waals surface area contributed by atoms with Crippen molar-refractivity contribution in [3.63, 3.8) is 0 Å². The molecule has 25 heavy (non-hydrogen) atoms. The van der Waals surface area contributed by atoms with E-state index in [1.165, 1.54) is 0 Å². The summed E-state index contributed by atoms with van der Waals surface area (Å²) in [6.45, 7) is 9.28. The Morgan fingerprint density at radius 1 is 1.36 bits per heavy atom. The van der Waals surface area contributed by atoms with Gasteiger partial charge in [-0.1, -0.05) is 6.07 Å². The predicted molar refractivity (Wildman–Crippen MR) is 96.5 cm³/mol. The normalized spacial score (nSPS) is 20.1. The molecular weight excluding hydrogens is 318 g/mol.